The Labute approximate surface area is 154 Å². The number of carbonyl (C=O) groups is 3. The Morgan fingerprint density at radius 3 is 2.41 bits per heavy atom. The third-order valence-corrected chi connectivity index (χ3v) is 3.97. The highest BCUT2D eigenvalue weighted by Crippen LogP contribution is 2.21. The number of halogens is 2. The van der Waals surface area contributed by atoms with Gasteiger partial charge in [-0.05, 0) is 45.4 Å². The molecule has 0 spiro atoms. The molecule has 2 aromatic rings. The summed E-state index contributed by atoms with van der Waals surface area (Å²) in [4.78, 5) is 39.5. The number of hydrogen-bond donors (Lipinski definition) is 1. The quantitative estimate of drug-likeness (QED) is 0.613. The molecule has 0 aliphatic heterocycles. The molecule has 0 radical (unpaired) electrons. The van der Waals surface area contributed by atoms with Crippen molar-refractivity contribution in [2.75, 3.05) is 6.61 Å². The van der Waals surface area contributed by atoms with E-state index in [1.807, 2.05) is 0 Å². The maximum absolute atomic E-state index is 13.7. The largest absolute Gasteiger partial charge is 0.462 e. The van der Waals surface area contributed by atoms with Crippen molar-refractivity contribution in [3.05, 3.63) is 57.9 Å². The molecule has 0 amide bonds. The first-order chi connectivity index (χ1) is 12.7. The lowest BCUT2D eigenvalue weighted by atomic mass is 10.1. The number of rotatable bonds is 6. The van der Waals surface area contributed by atoms with Crippen molar-refractivity contribution in [1.29, 1.82) is 0 Å². The van der Waals surface area contributed by atoms with Gasteiger partial charge in [-0.15, -0.1) is 0 Å². The molecule has 0 fully saturated rings. The predicted octanol–water partition coefficient (Wildman–Crippen LogP) is 3.51. The summed E-state index contributed by atoms with van der Waals surface area (Å²) in [6.07, 6.45) is -1.26. The second-order valence-electron chi connectivity index (χ2n) is 5.88. The zero-order valence-electron chi connectivity index (χ0n) is 15.3. The first kappa shape index (κ1) is 20.3. The molecule has 1 atom stereocenters. The van der Waals surface area contributed by atoms with E-state index in [1.54, 1.807) is 20.8 Å². The highest BCUT2D eigenvalue weighted by Gasteiger charge is 2.28. The number of H-pyrrole nitrogens is 1. The van der Waals surface area contributed by atoms with Crippen molar-refractivity contribution in [3.63, 3.8) is 0 Å². The average molecular weight is 379 g/mol. The van der Waals surface area contributed by atoms with Gasteiger partial charge in [-0.1, -0.05) is 0 Å². The molecule has 1 heterocycles. The van der Waals surface area contributed by atoms with E-state index in [0.29, 0.717) is 17.3 Å². The molecule has 0 aliphatic rings. The SMILES string of the molecule is CCOC(=O)c1c(C)[nH]c(C(=O)C(C)OC(=O)c2ccc(F)cc2F)c1C. The van der Waals surface area contributed by atoms with E-state index in [0.717, 1.165) is 12.1 Å². The Balaban J connectivity index is 2.21. The van der Waals surface area contributed by atoms with Gasteiger partial charge in [0.25, 0.3) is 0 Å². The van der Waals surface area contributed by atoms with Crippen LogP contribution in [0.25, 0.3) is 0 Å². The Bertz CT molecular complexity index is 904. The summed E-state index contributed by atoms with van der Waals surface area (Å²) in [5, 5.41) is 0. The van der Waals surface area contributed by atoms with E-state index in [9.17, 15) is 23.2 Å². The molecule has 0 aliphatic carbocycles. The summed E-state index contributed by atoms with van der Waals surface area (Å²) in [5.41, 5.74) is 0.658. The van der Waals surface area contributed by atoms with Crippen molar-refractivity contribution >= 4 is 17.7 Å². The third kappa shape index (κ3) is 4.21. The Morgan fingerprint density at radius 1 is 1.15 bits per heavy atom. The fourth-order valence-electron chi connectivity index (χ4n) is 2.64. The molecule has 1 aromatic carbocycles. The summed E-state index contributed by atoms with van der Waals surface area (Å²) in [7, 11) is 0. The highest BCUT2D eigenvalue weighted by atomic mass is 19.1. The molecule has 0 bridgehead atoms. The molecule has 6 nitrogen and oxygen atoms in total. The molecule has 144 valence electrons. The van der Waals surface area contributed by atoms with Crippen LogP contribution in [-0.4, -0.2) is 35.4 Å². The fraction of sp³-hybridized carbons (Fsp3) is 0.316. The summed E-state index contributed by atoms with van der Waals surface area (Å²) < 4.78 is 36.6. The lowest BCUT2D eigenvalue weighted by molar-refractivity contribution is 0.0312. The second kappa shape index (κ2) is 8.11. The normalized spacial score (nSPS) is 11.8. The summed E-state index contributed by atoms with van der Waals surface area (Å²) in [6, 6.07) is 2.40. The van der Waals surface area contributed by atoms with E-state index in [2.05, 4.69) is 4.98 Å². The summed E-state index contributed by atoms with van der Waals surface area (Å²) in [6.45, 7) is 6.35. The third-order valence-electron chi connectivity index (χ3n) is 3.97. The number of carbonyl (C=O) groups excluding carboxylic acids is 3. The molecule has 0 saturated heterocycles. The van der Waals surface area contributed by atoms with Crippen LogP contribution in [0.4, 0.5) is 8.78 Å². The number of aromatic nitrogens is 1. The second-order valence-corrected chi connectivity index (χ2v) is 5.88. The number of ketones is 1. The molecule has 8 heteroatoms. The van der Waals surface area contributed by atoms with Gasteiger partial charge in [0.05, 0.1) is 23.4 Å². The van der Waals surface area contributed by atoms with Gasteiger partial charge in [0.2, 0.25) is 5.78 Å². The standard InChI is InChI=1S/C19H19F2NO5/c1-5-26-19(25)15-9(2)16(22-10(15)3)17(23)11(4)27-18(24)13-7-6-12(20)8-14(13)21/h6-8,11,22H,5H2,1-4H3. The zero-order valence-corrected chi connectivity index (χ0v) is 15.3. The number of Topliss-reactive ketones (excluding diaryl/α,β-unsaturated/α-hetero) is 1. The lowest BCUT2D eigenvalue weighted by Crippen LogP contribution is -2.26. The minimum absolute atomic E-state index is 0.0930. The van der Waals surface area contributed by atoms with Crippen LogP contribution in [0, 0.1) is 25.5 Å². The van der Waals surface area contributed by atoms with E-state index < -0.39 is 41.0 Å². The zero-order chi connectivity index (χ0) is 20.3. The number of aromatic amines is 1. The molecule has 1 aromatic heterocycles. The molecule has 1 unspecified atom stereocenters. The number of benzene rings is 1. The van der Waals surface area contributed by atoms with E-state index in [-0.39, 0.29) is 17.9 Å². The van der Waals surface area contributed by atoms with Crippen LogP contribution >= 0.6 is 0 Å². The molecule has 2 rings (SSSR count). The first-order valence-corrected chi connectivity index (χ1v) is 8.23. The summed E-state index contributed by atoms with van der Waals surface area (Å²) >= 11 is 0. The van der Waals surface area contributed by atoms with Crippen LogP contribution < -0.4 is 0 Å². The van der Waals surface area contributed by atoms with Crippen molar-refractivity contribution in [1.82, 2.24) is 4.98 Å². The maximum atomic E-state index is 13.7. The monoisotopic (exact) mass is 379 g/mol. The van der Waals surface area contributed by atoms with Crippen LogP contribution in [-0.2, 0) is 9.47 Å². The van der Waals surface area contributed by atoms with Crippen molar-refractivity contribution in [2.45, 2.75) is 33.8 Å². The number of ether oxygens (including phenoxy) is 2. The van der Waals surface area contributed by atoms with Gasteiger partial charge in [0, 0.05) is 11.8 Å². The molecule has 1 N–H and O–H groups in total. The highest BCUT2D eigenvalue weighted by molar-refractivity contribution is 6.04. The van der Waals surface area contributed by atoms with Crippen LogP contribution in [0.3, 0.4) is 0 Å². The van der Waals surface area contributed by atoms with Crippen LogP contribution in [0.2, 0.25) is 0 Å². The van der Waals surface area contributed by atoms with Gasteiger partial charge in [0.15, 0.2) is 6.10 Å². The predicted molar refractivity (Wildman–Crippen MR) is 91.8 cm³/mol. The van der Waals surface area contributed by atoms with Gasteiger partial charge in [-0.3, -0.25) is 4.79 Å². The number of nitrogens with one attached hydrogen (secondary N) is 1. The Morgan fingerprint density at radius 2 is 1.81 bits per heavy atom. The lowest BCUT2D eigenvalue weighted by Gasteiger charge is -2.12. The summed E-state index contributed by atoms with van der Waals surface area (Å²) in [5.74, 6) is -4.18. The Kier molecular flexibility index (Phi) is 6.09. The minimum Gasteiger partial charge on any atom is -0.462 e. The van der Waals surface area contributed by atoms with Gasteiger partial charge < -0.3 is 14.5 Å². The number of esters is 2. The molecule has 0 saturated carbocycles. The topological polar surface area (TPSA) is 85.5 Å². The van der Waals surface area contributed by atoms with Crippen molar-refractivity contribution in [3.8, 4) is 0 Å². The maximum Gasteiger partial charge on any atom is 0.341 e. The van der Waals surface area contributed by atoms with Crippen LogP contribution in [0.1, 0.15) is 56.3 Å². The molecular formula is C19H19F2NO5. The first-order valence-electron chi connectivity index (χ1n) is 8.23. The Hall–Kier alpha value is -3.03. The molecule has 27 heavy (non-hydrogen) atoms. The van der Waals surface area contributed by atoms with Gasteiger partial charge in [-0.25, -0.2) is 18.4 Å². The number of aryl methyl sites for hydroxylation is 1. The average Bonchev–Trinajstić information content (AvgIpc) is 2.88. The van der Waals surface area contributed by atoms with Gasteiger partial charge >= 0.3 is 11.9 Å². The number of hydrogen-bond acceptors (Lipinski definition) is 5. The fourth-order valence-corrected chi connectivity index (χ4v) is 2.64. The van der Waals surface area contributed by atoms with E-state index >= 15 is 0 Å². The van der Waals surface area contributed by atoms with Crippen molar-refractivity contribution < 1.29 is 32.6 Å². The van der Waals surface area contributed by atoms with Gasteiger partial charge in [-0.2, -0.15) is 0 Å². The van der Waals surface area contributed by atoms with Gasteiger partial charge in [0.1, 0.15) is 11.6 Å². The van der Waals surface area contributed by atoms with E-state index in [1.165, 1.54) is 6.92 Å². The van der Waals surface area contributed by atoms with Crippen LogP contribution in [0.5, 0.6) is 0 Å². The van der Waals surface area contributed by atoms with Crippen molar-refractivity contribution in [2.24, 2.45) is 0 Å². The van der Waals surface area contributed by atoms with Crippen LogP contribution in [0.15, 0.2) is 18.2 Å². The minimum atomic E-state index is -1.26. The molecular weight excluding hydrogens is 360 g/mol. The van der Waals surface area contributed by atoms with E-state index in [4.69, 9.17) is 9.47 Å². The smallest absolute Gasteiger partial charge is 0.341 e.